The van der Waals surface area contributed by atoms with Crippen LogP contribution in [-0.4, -0.2) is 6.04 Å². The van der Waals surface area contributed by atoms with Crippen molar-refractivity contribution in [3.8, 4) is 0 Å². The van der Waals surface area contributed by atoms with Crippen LogP contribution in [0.1, 0.15) is 46.0 Å². The minimum absolute atomic E-state index is 0.174. The third-order valence-corrected chi connectivity index (χ3v) is 3.11. The van der Waals surface area contributed by atoms with E-state index in [-0.39, 0.29) is 10.8 Å². The van der Waals surface area contributed by atoms with Gasteiger partial charge < -0.3 is 5.32 Å². The molecule has 0 aromatic heterocycles. The van der Waals surface area contributed by atoms with E-state index in [1.807, 2.05) is 0 Å². The van der Waals surface area contributed by atoms with E-state index in [0.717, 1.165) is 12.1 Å². The predicted molar refractivity (Wildman–Crippen MR) is 73.3 cm³/mol. The summed E-state index contributed by atoms with van der Waals surface area (Å²) in [5, 5.41) is 3.51. The average Bonchev–Trinajstić information content (AvgIpc) is 2.30. The molecule has 0 radical (unpaired) electrons. The standard InChI is InChI=1S/C14H21ClFN/c1-3-4-5-6-7-11(2)17-12-8-9-14(16)13(15)10-12/h8-11,17H,3-7H2,1-2H3. The fraction of sp³-hybridized carbons (Fsp3) is 0.571. The number of unbranched alkanes of at least 4 members (excludes halogenated alkanes) is 3. The van der Waals surface area contributed by atoms with Gasteiger partial charge in [-0.3, -0.25) is 0 Å². The number of nitrogens with one attached hydrogen (secondary N) is 1. The highest BCUT2D eigenvalue weighted by atomic mass is 35.5. The molecule has 1 atom stereocenters. The second kappa shape index (κ2) is 7.54. The summed E-state index contributed by atoms with van der Waals surface area (Å²) in [5.41, 5.74) is 0.888. The highest BCUT2D eigenvalue weighted by Gasteiger charge is 2.04. The molecule has 1 unspecified atom stereocenters. The van der Waals surface area contributed by atoms with Crippen molar-refractivity contribution < 1.29 is 4.39 Å². The molecular weight excluding hydrogens is 237 g/mol. The van der Waals surface area contributed by atoms with E-state index < -0.39 is 0 Å². The molecule has 0 aliphatic heterocycles. The number of hydrogen-bond acceptors (Lipinski definition) is 1. The Hall–Kier alpha value is -0.760. The van der Waals surface area contributed by atoms with Crippen molar-refractivity contribution in [1.82, 2.24) is 0 Å². The van der Waals surface area contributed by atoms with Crippen LogP contribution in [0, 0.1) is 5.82 Å². The van der Waals surface area contributed by atoms with Crippen LogP contribution in [0.3, 0.4) is 0 Å². The quantitative estimate of drug-likeness (QED) is 0.658. The molecule has 96 valence electrons. The Bertz CT molecular complexity index is 341. The summed E-state index contributed by atoms with van der Waals surface area (Å²) in [4.78, 5) is 0. The van der Waals surface area contributed by atoms with Gasteiger partial charge in [0.05, 0.1) is 5.02 Å². The molecule has 17 heavy (non-hydrogen) atoms. The van der Waals surface area contributed by atoms with Crippen molar-refractivity contribution in [2.24, 2.45) is 0 Å². The number of anilines is 1. The van der Waals surface area contributed by atoms with Crippen LogP contribution in [0.2, 0.25) is 5.02 Å². The zero-order valence-electron chi connectivity index (χ0n) is 10.6. The maximum Gasteiger partial charge on any atom is 0.141 e. The first-order valence-electron chi connectivity index (χ1n) is 6.35. The molecule has 0 saturated heterocycles. The zero-order valence-corrected chi connectivity index (χ0v) is 11.4. The van der Waals surface area contributed by atoms with Gasteiger partial charge in [0.15, 0.2) is 0 Å². The highest BCUT2D eigenvalue weighted by Crippen LogP contribution is 2.20. The van der Waals surface area contributed by atoms with E-state index in [9.17, 15) is 4.39 Å². The average molecular weight is 258 g/mol. The van der Waals surface area contributed by atoms with Crippen LogP contribution >= 0.6 is 11.6 Å². The van der Waals surface area contributed by atoms with E-state index in [2.05, 4.69) is 19.2 Å². The summed E-state index contributed by atoms with van der Waals surface area (Å²) in [6.45, 7) is 4.35. The van der Waals surface area contributed by atoms with E-state index >= 15 is 0 Å². The van der Waals surface area contributed by atoms with Crippen LogP contribution in [0.25, 0.3) is 0 Å². The first-order chi connectivity index (χ1) is 8.13. The lowest BCUT2D eigenvalue weighted by Gasteiger charge is -2.15. The molecule has 1 rings (SSSR count). The van der Waals surface area contributed by atoms with Gasteiger partial charge in [0, 0.05) is 11.7 Å². The van der Waals surface area contributed by atoms with Crippen molar-refractivity contribution in [2.45, 2.75) is 52.0 Å². The van der Waals surface area contributed by atoms with E-state index in [1.165, 1.54) is 31.7 Å². The third-order valence-electron chi connectivity index (χ3n) is 2.82. The fourth-order valence-corrected chi connectivity index (χ4v) is 2.00. The topological polar surface area (TPSA) is 12.0 Å². The molecule has 1 aromatic rings. The Morgan fingerprint density at radius 1 is 1.29 bits per heavy atom. The van der Waals surface area contributed by atoms with Gasteiger partial charge in [-0.1, -0.05) is 44.2 Å². The summed E-state index contributed by atoms with van der Waals surface area (Å²) in [6.07, 6.45) is 6.21. The second-order valence-electron chi connectivity index (χ2n) is 4.52. The van der Waals surface area contributed by atoms with Gasteiger partial charge in [-0.05, 0) is 31.5 Å². The molecule has 1 aromatic carbocycles. The summed E-state index contributed by atoms with van der Waals surface area (Å²) < 4.78 is 13.0. The molecule has 0 fully saturated rings. The molecule has 0 amide bonds. The van der Waals surface area contributed by atoms with Crippen molar-refractivity contribution in [3.05, 3.63) is 29.0 Å². The van der Waals surface area contributed by atoms with Crippen LogP contribution in [0.5, 0.6) is 0 Å². The van der Waals surface area contributed by atoms with Gasteiger partial charge in [0.1, 0.15) is 5.82 Å². The van der Waals surface area contributed by atoms with Gasteiger partial charge in [-0.25, -0.2) is 4.39 Å². The lowest BCUT2D eigenvalue weighted by Crippen LogP contribution is -2.14. The van der Waals surface area contributed by atoms with Gasteiger partial charge >= 0.3 is 0 Å². The Morgan fingerprint density at radius 3 is 2.71 bits per heavy atom. The van der Waals surface area contributed by atoms with Crippen molar-refractivity contribution >= 4 is 17.3 Å². The Balaban J connectivity index is 2.34. The number of hydrogen-bond donors (Lipinski definition) is 1. The maximum atomic E-state index is 13.0. The van der Waals surface area contributed by atoms with Gasteiger partial charge in [0.25, 0.3) is 0 Å². The molecule has 0 heterocycles. The van der Waals surface area contributed by atoms with Crippen LogP contribution < -0.4 is 5.32 Å². The molecular formula is C14H21ClFN. The molecule has 0 aliphatic carbocycles. The molecule has 1 N–H and O–H groups in total. The van der Waals surface area contributed by atoms with Crippen LogP contribution in [0.15, 0.2) is 18.2 Å². The zero-order chi connectivity index (χ0) is 12.7. The van der Waals surface area contributed by atoms with Crippen LogP contribution in [-0.2, 0) is 0 Å². The molecule has 0 spiro atoms. The molecule has 0 bridgehead atoms. The normalized spacial score (nSPS) is 12.5. The molecule has 0 aliphatic rings. The van der Waals surface area contributed by atoms with E-state index in [0.29, 0.717) is 6.04 Å². The van der Waals surface area contributed by atoms with Gasteiger partial charge in [-0.2, -0.15) is 0 Å². The highest BCUT2D eigenvalue weighted by molar-refractivity contribution is 6.31. The minimum atomic E-state index is -0.368. The number of rotatable bonds is 7. The summed E-state index contributed by atoms with van der Waals surface area (Å²) in [6, 6.07) is 5.16. The monoisotopic (exact) mass is 257 g/mol. The number of halogens is 2. The van der Waals surface area contributed by atoms with E-state index in [1.54, 1.807) is 12.1 Å². The summed E-state index contributed by atoms with van der Waals surface area (Å²) >= 11 is 5.73. The third kappa shape index (κ3) is 5.40. The Morgan fingerprint density at radius 2 is 2.06 bits per heavy atom. The lowest BCUT2D eigenvalue weighted by molar-refractivity contribution is 0.593. The molecule has 3 heteroatoms. The lowest BCUT2D eigenvalue weighted by atomic mass is 10.1. The van der Waals surface area contributed by atoms with Gasteiger partial charge in [0.2, 0.25) is 0 Å². The molecule has 1 nitrogen and oxygen atoms in total. The van der Waals surface area contributed by atoms with Crippen molar-refractivity contribution in [2.75, 3.05) is 5.32 Å². The van der Waals surface area contributed by atoms with Crippen molar-refractivity contribution in [3.63, 3.8) is 0 Å². The fourth-order valence-electron chi connectivity index (χ4n) is 1.82. The Kier molecular flexibility index (Phi) is 6.35. The van der Waals surface area contributed by atoms with Crippen molar-refractivity contribution in [1.29, 1.82) is 0 Å². The summed E-state index contributed by atoms with van der Waals surface area (Å²) in [7, 11) is 0. The van der Waals surface area contributed by atoms with Crippen LogP contribution in [0.4, 0.5) is 10.1 Å². The van der Waals surface area contributed by atoms with Gasteiger partial charge in [-0.15, -0.1) is 0 Å². The first-order valence-corrected chi connectivity index (χ1v) is 6.73. The number of benzene rings is 1. The first kappa shape index (κ1) is 14.3. The van der Waals surface area contributed by atoms with E-state index in [4.69, 9.17) is 11.6 Å². The molecule has 0 saturated carbocycles. The minimum Gasteiger partial charge on any atom is -0.383 e. The smallest absolute Gasteiger partial charge is 0.141 e. The second-order valence-corrected chi connectivity index (χ2v) is 4.93. The summed E-state index contributed by atoms with van der Waals surface area (Å²) in [5.74, 6) is -0.368. The predicted octanol–water partition coefficient (Wildman–Crippen LogP) is 5.25. The maximum absolute atomic E-state index is 13.0. The Labute approximate surface area is 108 Å². The SMILES string of the molecule is CCCCCCC(C)Nc1ccc(F)c(Cl)c1. The largest absolute Gasteiger partial charge is 0.383 e.